The summed E-state index contributed by atoms with van der Waals surface area (Å²) >= 11 is 0. The molecule has 112 valence electrons. The molecule has 0 heterocycles. The van der Waals surface area contributed by atoms with Crippen LogP contribution in [0.25, 0.3) is 0 Å². The Hall–Kier alpha value is -2.00. The Balaban J connectivity index is 2.35. The quantitative estimate of drug-likeness (QED) is 0.841. The Morgan fingerprint density at radius 3 is 2.33 bits per heavy atom. The van der Waals surface area contributed by atoms with Crippen LogP contribution in [0.2, 0.25) is 0 Å². The highest BCUT2D eigenvalue weighted by Crippen LogP contribution is 2.41. The minimum absolute atomic E-state index is 0.0673. The molecule has 1 aromatic rings. The molecule has 1 N–H and O–H groups in total. The molecule has 2 unspecified atom stereocenters. The van der Waals surface area contributed by atoms with Gasteiger partial charge in [0.1, 0.15) is 17.1 Å². The van der Waals surface area contributed by atoms with E-state index in [1.807, 2.05) is 49.4 Å². The van der Waals surface area contributed by atoms with Crippen molar-refractivity contribution in [2.24, 2.45) is 5.92 Å². The largest absolute Gasteiger partial charge is 0.497 e. The predicted octanol–water partition coefficient (Wildman–Crippen LogP) is 3.57. The zero-order chi connectivity index (χ0) is 15.5. The average Bonchev–Trinajstić information content (AvgIpc) is 2.54. The molecule has 1 aliphatic rings. The third-order valence-corrected chi connectivity index (χ3v) is 4.02. The van der Waals surface area contributed by atoms with Gasteiger partial charge in [-0.3, -0.25) is 0 Å². The molecule has 0 aromatic heterocycles. The summed E-state index contributed by atoms with van der Waals surface area (Å²) in [5, 5.41) is 11.2. The second kappa shape index (κ2) is 6.19. The number of rotatable bonds is 5. The van der Waals surface area contributed by atoms with E-state index in [1.165, 1.54) is 0 Å². The zero-order valence-electron chi connectivity index (χ0n) is 12.8. The van der Waals surface area contributed by atoms with Gasteiger partial charge in [0.15, 0.2) is 0 Å². The molecule has 0 saturated heterocycles. The van der Waals surface area contributed by atoms with Gasteiger partial charge in [-0.25, -0.2) is 0 Å². The Bertz CT molecular complexity index is 569. The maximum Gasteiger partial charge on any atom is 0.118 e. The van der Waals surface area contributed by atoms with Gasteiger partial charge < -0.3 is 14.6 Å². The Morgan fingerprint density at radius 2 is 1.90 bits per heavy atom. The lowest BCUT2D eigenvalue weighted by molar-refractivity contribution is 0.0323. The van der Waals surface area contributed by atoms with E-state index >= 15 is 0 Å². The topological polar surface area (TPSA) is 38.7 Å². The number of allylic oxidation sites excluding steroid dienone is 2. The molecule has 3 nitrogen and oxygen atoms in total. The number of hydrogen-bond donors (Lipinski definition) is 1. The molecule has 21 heavy (non-hydrogen) atoms. The minimum Gasteiger partial charge on any atom is -0.497 e. The second-order valence-corrected chi connectivity index (χ2v) is 5.29. The van der Waals surface area contributed by atoms with Crippen molar-refractivity contribution in [3.63, 3.8) is 0 Å². The van der Waals surface area contributed by atoms with Crippen molar-refractivity contribution >= 4 is 0 Å². The zero-order valence-corrected chi connectivity index (χ0v) is 12.8. The molecule has 2 rings (SSSR count). The fourth-order valence-corrected chi connectivity index (χ4v) is 2.68. The first-order valence-electron chi connectivity index (χ1n) is 6.97. The lowest BCUT2D eigenvalue weighted by atomic mass is 9.74. The van der Waals surface area contributed by atoms with E-state index in [2.05, 4.69) is 6.58 Å². The molecule has 0 bridgehead atoms. The fraction of sp³-hybridized carbons (Fsp3) is 0.333. The molecular weight excluding hydrogens is 264 g/mol. The Morgan fingerprint density at radius 1 is 1.24 bits per heavy atom. The standard InChI is InChI=1S/C18H22O3/c1-13(2)18(19,14-5-9-16(20-3)10-6-14)15-7-11-17(21-4)12-8-15/h5-7,9-12,15,19H,1,8H2,2-4H3. The summed E-state index contributed by atoms with van der Waals surface area (Å²) < 4.78 is 10.4. The fourth-order valence-electron chi connectivity index (χ4n) is 2.68. The van der Waals surface area contributed by atoms with Gasteiger partial charge in [-0.05, 0) is 48.8 Å². The predicted molar refractivity (Wildman–Crippen MR) is 84.0 cm³/mol. The molecule has 0 radical (unpaired) electrons. The van der Waals surface area contributed by atoms with Crippen molar-refractivity contribution in [2.75, 3.05) is 14.2 Å². The number of aliphatic hydroxyl groups is 1. The van der Waals surface area contributed by atoms with Gasteiger partial charge in [0.2, 0.25) is 0 Å². The molecule has 0 saturated carbocycles. The lowest BCUT2D eigenvalue weighted by Gasteiger charge is -2.36. The van der Waals surface area contributed by atoms with Gasteiger partial charge in [0.05, 0.1) is 14.2 Å². The monoisotopic (exact) mass is 286 g/mol. The minimum atomic E-state index is -1.10. The maximum absolute atomic E-state index is 11.2. The average molecular weight is 286 g/mol. The van der Waals surface area contributed by atoms with Gasteiger partial charge in [0, 0.05) is 5.92 Å². The van der Waals surface area contributed by atoms with Gasteiger partial charge >= 0.3 is 0 Å². The van der Waals surface area contributed by atoms with E-state index in [1.54, 1.807) is 14.2 Å². The highest BCUT2D eigenvalue weighted by Gasteiger charge is 2.38. The van der Waals surface area contributed by atoms with Crippen LogP contribution in [0.4, 0.5) is 0 Å². The van der Waals surface area contributed by atoms with E-state index < -0.39 is 5.60 Å². The van der Waals surface area contributed by atoms with Crippen LogP contribution in [0.5, 0.6) is 5.75 Å². The highest BCUT2D eigenvalue weighted by molar-refractivity contribution is 5.38. The summed E-state index contributed by atoms with van der Waals surface area (Å²) in [6, 6.07) is 7.48. The summed E-state index contributed by atoms with van der Waals surface area (Å²) in [6.45, 7) is 5.85. The molecule has 0 aliphatic heterocycles. The van der Waals surface area contributed by atoms with Crippen molar-refractivity contribution in [1.29, 1.82) is 0 Å². The number of hydrogen-bond acceptors (Lipinski definition) is 3. The third-order valence-electron chi connectivity index (χ3n) is 4.02. The smallest absolute Gasteiger partial charge is 0.118 e. The van der Waals surface area contributed by atoms with Gasteiger partial charge in [-0.1, -0.05) is 24.8 Å². The van der Waals surface area contributed by atoms with Crippen LogP contribution in [0, 0.1) is 5.92 Å². The van der Waals surface area contributed by atoms with Crippen LogP contribution in [0.1, 0.15) is 18.9 Å². The normalized spacial score (nSPS) is 20.4. The van der Waals surface area contributed by atoms with Crippen molar-refractivity contribution in [3.8, 4) is 5.75 Å². The summed E-state index contributed by atoms with van der Waals surface area (Å²) in [6.07, 6.45) is 6.57. The molecule has 1 aliphatic carbocycles. The van der Waals surface area contributed by atoms with Crippen molar-refractivity contribution in [1.82, 2.24) is 0 Å². The Labute approximate surface area is 126 Å². The van der Waals surface area contributed by atoms with Gasteiger partial charge in [0.25, 0.3) is 0 Å². The molecule has 3 heteroatoms. The van der Waals surface area contributed by atoms with Crippen molar-refractivity contribution < 1.29 is 14.6 Å². The van der Waals surface area contributed by atoms with Crippen molar-refractivity contribution in [3.05, 3.63) is 66.0 Å². The van der Waals surface area contributed by atoms with Crippen LogP contribution < -0.4 is 4.74 Å². The molecule has 2 atom stereocenters. The second-order valence-electron chi connectivity index (χ2n) is 5.29. The van der Waals surface area contributed by atoms with Gasteiger partial charge in [-0.15, -0.1) is 0 Å². The number of benzene rings is 1. The molecule has 0 spiro atoms. The summed E-state index contributed by atoms with van der Waals surface area (Å²) in [5.74, 6) is 1.52. The Kier molecular flexibility index (Phi) is 4.53. The van der Waals surface area contributed by atoms with E-state index in [0.29, 0.717) is 6.42 Å². The van der Waals surface area contributed by atoms with Gasteiger partial charge in [-0.2, -0.15) is 0 Å². The van der Waals surface area contributed by atoms with E-state index in [0.717, 1.165) is 22.6 Å². The summed E-state index contributed by atoms with van der Waals surface area (Å²) in [5.41, 5.74) is 0.440. The maximum atomic E-state index is 11.2. The van der Waals surface area contributed by atoms with E-state index in [-0.39, 0.29) is 5.92 Å². The first-order chi connectivity index (χ1) is 10.0. The number of methoxy groups -OCH3 is 2. The van der Waals surface area contributed by atoms with E-state index in [9.17, 15) is 5.11 Å². The molecule has 0 fully saturated rings. The molecular formula is C18H22O3. The molecule has 1 aromatic carbocycles. The first kappa shape index (κ1) is 15.4. The highest BCUT2D eigenvalue weighted by atomic mass is 16.5. The van der Waals surface area contributed by atoms with Crippen molar-refractivity contribution in [2.45, 2.75) is 18.9 Å². The molecule has 0 amide bonds. The lowest BCUT2D eigenvalue weighted by Crippen LogP contribution is -2.35. The van der Waals surface area contributed by atoms with Crippen LogP contribution in [0.15, 0.2) is 60.4 Å². The van der Waals surface area contributed by atoms with E-state index in [4.69, 9.17) is 9.47 Å². The van der Waals surface area contributed by atoms with Crippen LogP contribution in [-0.2, 0) is 10.3 Å². The van der Waals surface area contributed by atoms with Crippen LogP contribution in [0.3, 0.4) is 0 Å². The summed E-state index contributed by atoms with van der Waals surface area (Å²) in [7, 11) is 3.27. The first-order valence-corrected chi connectivity index (χ1v) is 6.97. The van der Waals surface area contributed by atoms with Crippen LogP contribution >= 0.6 is 0 Å². The van der Waals surface area contributed by atoms with Crippen LogP contribution in [-0.4, -0.2) is 19.3 Å². The SMILES string of the molecule is C=C(C)C(O)(c1ccc(OC)cc1)C1C=CC(OC)=CC1. The summed E-state index contributed by atoms with van der Waals surface area (Å²) in [4.78, 5) is 0. The third kappa shape index (κ3) is 2.88. The number of ether oxygens (including phenoxy) is 2.